The number of halogens is 1. The van der Waals surface area contributed by atoms with Gasteiger partial charge in [-0.1, -0.05) is 35.0 Å². The molecule has 0 saturated carbocycles. The largest absolute Gasteiger partial charge is 0.324 e. The standard InChI is InChI=1S/C17H19BrN2O/c1-2-17(8-3-9-19-17)16(21)20-15-7-5-12-10-14(18)6-4-13(12)11-15/h4-7,10-11,19H,2-3,8-9H2,1H3,(H,20,21). The van der Waals surface area contributed by atoms with Crippen molar-refractivity contribution in [1.29, 1.82) is 0 Å². The molecule has 2 aromatic rings. The van der Waals surface area contributed by atoms with E-state index in [1.165, 1.54) is 0 Å². The van der Waals surface area contributed by atoms with Crippen LogP contribution in [-0.4, -0.2) is 18.0 Å². The monoisotopic (exact) mass is 346 g/mol. The molecule has 1 amide bonds. The molecule has 1 unspecified atom stereocenters. The summed E-state index contributed by atoms with van der Waals surface area (Å²) in [5.41, 5.74) is 0.464. The van der Waals surface area contributed by atoms with Crippen molar-refractivity contribution in [2.24, 2.45) is 0 Å². The summed E-state index contributed by atoms with van der Waals surface area (Å²) in [5, 5.41) is 8.72. The van der Waals surface area contributed by atoms with E-state index in [4.69, 9.17) is 0 Å². The van der Waals surface area contributed by atoms with Gasteiger partial charge in [0.15, 0.2) is 0 Å². The molecule has 1 fully saturated rings. The number of carbonyl (C=O) groups excluding carboxylic acids is 1. The molecule has 110 valence electrons. The summed E-state index contributed by atoms with van der Waals surface area (Å²) in [6, 6.07) is 12.2. The van der Waals surface area contributed by atoms with Crippen LogP contribution in [0.1, 0.15) is 26.2 Å². The summed E-state index contributed by atoms with van der Waals surface area (Å²) < 4.78 is 1.06. The number of hydrogen-bond donors (Lipinski definition) is 2. The summed E-state index contributed by atoms with van der Waals surface area (Å²) in [6.45, 7) is 2.99. The van der Waals surface area contributed by atoms with Gasteiger partial charge in [-0.25, -0.2) is 0 Å². The average Bonchev–Trinajstić information content (AvgIpc) is 2.97. The number of rotatable bonds is 3. The van der Waals surface area contributed by atoms with Gasteiger partial charge in [0.2, 0.25) is 5.91 Å². The summed E-state index contributed by atoms with van der Waals surface area (Å²) in [5.74, 6) is 0.0824. The minimum atomic E-state index is -0.394. The number of fused-ring (bicyclic) bond motifs is 1. The van der Waals surface area contributed by atoms with Crippen LogP contribution in [0.25, 0.3) is 10.8 Å². The first kappa shape index (κ1) is 14.5. The number of hydrogen-bond acceptors (Lipinski definition) is 2. The Labute approximate surface area is 133 Å². The van der Waals surface area contributed by atoms with E-state index in [0.717, 1.165) is 46.7 Å². The molecule has 1 aliphatic heterocycles. The zero-order valence-electron chi connectivity index (χ0n) is 12.1. The summed E-state index contributed by atoms with van der Waals surface area (Å²) in [4.78, 5) is 12.6. The van der Waals surface area contributed by atoms with E-state index in [1.807, 2.05) is 24.3 Å². The Morgan fingerprint density at radius 3 is 2.76 bits per heavy atom. The maximum atomic E-state index is 12.6. The van der Waals surface area contributed by atoms with Gasteiger partial charge in [-0.15, -0.1) is 0 Å². The SMILES string of the molecule is CCC1(C(=O)Nc2ccc3cc(Br)ccc3c2)CCCN1. The molecule has 1 aliphatic rings. The van der Waals surface area contributed by atoms with Crippen molar-refractivity contribution >= 4 is 38.3 Å². The van der Waals surface area contributed by atoms with Crippen LogP contribution in [0.3, 0.4) is 0 Å². The molecule has 0 aliphatic carbocycles. The van der Waals surface area contributed by atoms with Crippen molar-refractivity contribution in [1.82, 2.24) is 5.32 Å². The second kappa shape index (κ2) is 5.78. The Bertz CT molecular complexity index is 678. The highest BCUT2D eigenvalue weighted by molar-refractivity contribution is 9.10. The molecule has 0 spiro atoms. The predicted octanol–water partition coefficient (Wildman–Crippen LogP) is 4.07. The molecule has 1 heterocycles. The molecular formula is C17H19BrN2O. The van der Waals surface area contributed by atoms with Gasteiger partial charge in [0.05, 0.1) is 5.54 Å². The molecule has 3 nitrogen and oxygen atoms in total. The molecule has 2 aromatic carbocycles. The van der Waals surface area contributed by atoms with E-state index in [1.54, 1.807) is 0 Å². The van der Waals surface area contributed by atoms with Crippen molar-refractivity contribution in [3.63, 3.8) is 0 Å². The van der Waals surface area contributed by atoms with Crippen LogP contribution in [0.4, 0.5) is 5.69 Å². The minimum Gasteiger partial charge on any atom is -0.324 e. The van der Waals surface area contributed by atoms with Gasteiger partial charge >= 0.3 is 0 Å². The molecule has 0 bridgehead atoms. The quantitative estimate of drug-likeness (QED) is 0.879. The van der Waals surface area contributed by atoms with Gasteiger partial charge < -0.3 is 10.6 Å². The lowest BCUT2D eigenvalue weighted by Crippen LogP contribution is -2.50. The molecule has 1 saturated heterocycles. The highest BCUT2D eigenvalue weighted by Gasteiger charge is 2.38. The Morgan fingerprint density at radius 1 is 1.29 bits per heavy atom. The van der Waals surface area contributed by atoms with Crippen molar-refractivity contribution < 1.29 is 4.79 Å². The Kier molecular flexibility index (Phi) is 4.00. The third-order valence-corrected chi connectivity index (χ3v) is 4.84. The van der Waals surface area contributed by atoms with Crippen LogP contribution in [0.2, 0.25) is 0 Å². The number of nitrogens with one attached hydrogen (secondary N) is 2. The van der Waals surface area contributed by atoms with Crippen LogP contribution >= 0.6 is 15.9 Å². The van der Waals surface area contributed by atoms with Crippen molar-refractivity contribution in [2.75, 3.05) is 11.9 Å². The van der Waals surface area contributed by atoms with E-state index < -0.39 is 5.54 Å². The highest BCUT2D eigenvalue weighted by Crippen LogP contribution is 2.27. The lowest BCUT2D eigenvalue weighted by atomic mass is 9.93. The summed E-state index contributed by atoms with van der Waals surface area (Å²) in [6.07, 6.45) is 2.79. The summed E-state index contributed by atoms with van der Waals surface area (Å²) in [7, 11) is 0. The van der Waals surface area contributed by atoms with Crippen molar-refractivity contribution in [2.45, 2.75) is 31.7 Å². The number of carbonyl (C=O) groups is 1. The van der Waals surface area contributed by atoms with E-state index in [-0.39, 0.29) is 5.91 Å². The maximum Gasteiger partial charge on any atom is 0.244 e. The van der Waals surface area contributed by atoms with Crippen LogP contribution in [0.5, 0.6) is 0 Å². The Balaban J connectivity index is 1.84. The molecule has 1 atom stereocenters. The van der Waals surface area contributed by atoms with Gasteiger partial charge in [0.25, 0.3) is 0 Å². The predicted molar refractivity (Wildman–Crippen MR) is 90.5 cm³/mol. The first-order valence-electron chi connectivity index (χ1n) is 7.39. The molecule has 3 rings (SSSR count). The van der Waals surface area contributed by atoms with Crippen LogP contribution in [0.15, 0.2) is 40.9 Å². The second-order valence-electron chi connectivity index (χ2n) is 5.63. The molecule has 0 aromatic heterocycles. The molecule has 21 heavy (non-hydrogen) atoms. The zero-order valence-corrected chi connectivity index (χ0v) is 13.7. The second-order valence-corrected chi connectivity index (χ2v) is 6.54. The first-order chi connectivity index (χ1) is 10.1. The highest BCUT2D eigenvalue weighted by atomic mass is 79.9. The number of amides is 1. The van der Waals surface area contributed by atoms with Gasteiger partial charge in [-0.05, 0) is 60.8 Å². The van der Waals surface area contributed by atoms with Crippen LogP contribution < -0.4 is 10.6 Å². The van der Waals surface area contributed by atoms with E-state index in [9.17, 15) is 4.79 Å². The smallest absolute Gasteiger partial charge is 0.244 e. The third kappa shape index (κ3) is 2.83. The van der Waals surface area contributed by atoms with Gasteiger partial charge in [0, 0.05) is 10.2 Å². The van der Waals surface area contributed by atoms with Crippen molar-refractivity contribution in [3.8, 4) is 0 Å². The first-order valence-corrected chi connectivity index (χ1v) is 8.18. The minimum absolute atomic E-state index is 0.0824. The molecule has 0 radical (unpaired) electrons. The van der Waals surface area contributed by atoms with E-state index in [0.29, 0.717) is 0 Å². The van der Waals surface area contributed by atoms with Gasteiger partial charge in [-0.3, -0.25) is 4.79 Å². The Morgan fingerprint density at radius 2 is 2.05 bits per heavy atom. The third-order valence-electron chi connectivity index (χ3n) is 4.34. The molecule has 2 N–H and O–H groups in total. The Hall–Kier alpha value is -1.39. The van der Waals surface area contributed by atoms with Gasteiger partial charge in [0.1, 0.15) is 0 Å². The fourth-order valence-corrected chi connectivity index (χ4v) is 3.39. The fraction of sp³-hybridized carbons (Fsp3) is 0.353. The summed E-state index contributed by atoms with van der Waals surface area (Å²) >= 11 is 3.47. The van der Waals surface area contributed by atoms with E-state index >= 15 is 0 Å². The van der Waals surface area contributed by atoms with Crippen LogP contribution in [-0.2, 0) is 4.79 Å². The lowest BCUT2D eigenvalue weighted by Gasteiger charge is -2.26. The van der Waals surface area contributed by atoms with Gasteiger partial charge in [-0.2, -0.15) is 0 Å². The normalized spacial score (nSPS) is 21.6. The molecular weight excluding hydrogens is 328 g/mol. The lowest BCUT2D eigenvalue weighted by molar-refractivity contribution is -0.122. The van der Waals surface area contributed by atoms with E-state index in [2.05, 4.69) is 45.6 Å². The number of benzene rings is 2. The topological polar surface area (TPSA) is 41.1 Å². The zero-order chi connectivity index (χ0) is 14.9. The van der Waals surface area contributed by atoms with Crippen molar-refractivity contribution in [3.05, 3.63) is 40.9 Å². The average molecular weight is 347 g/mol. The number of anilines is 1. The molecule has 4 heteroatoms. The fourth-order valence-electron chi connectivity index (χ4n) is 3.01. The maximum absolute atomic E-state index is 12.6. The van der Waals surface area contributed by atoms with Crippen LogP contribution in [0, 0.1) is 0 Å².